The van der Waals surface area contributed by atoms with Crippen molar-refractivity contribution < 1.29 is 54.2 Å². The average molecular weight is 667 g/mol. The van der Waals surface area contributed by atoms with Crippen LogP contribution >= 0.6 is 0 Å². The molecule has 14 heteroatoms. The van der Waals surface area contributed by atoms with Gasteiger partial charge < -0.3 is 40.0 Å². The number of fused-ring (bicyclic) bond motifs is 3. The molecule has 1 aromatic heterocycles. The van der Waals surface area contributed by atoms with E-state index in [9.17, 15) is 30.0 Å². The zero-order valence-corrected chi connectivity index (χ0v) is 26.4. The summed E-state index contributed by atoms with van der Waals surface area (Å²) >= 11 is 0. The van der Waals surface area contributed by atoms with E-state index in [0.29, 0.717) is 66.1 Å². The summed E-state index contributed by atoms with van der Waals surface area (Å²) in [7, 11) is 0. The van der Waals surface area contributed by atoms with Crippen LogP contribution in [0, 0.1) is 18.8 Å². The molecule has 1 amide bonds. The lowest BCUT2D eigenvalue weighted by atomic mass is 9.71. The lowest BCUT2D eigenvalue weighted by Gasteiger charge is -2.47. The fourth-order valence-electron chi connectivity index (χ4n) is 7.46. The van der Waals surface area contributed by atoms with E-state index in [1.165, 1.54) is 6.07 Å². The van der Waals surface area contributed by atoms with Crippen LogP contribution in [-0.4, -0.2) is 99.6 Å². The Morgan fingerprint density at radius 1 is 1.15 bits per heavy atom. The molecule has 1 aliphatic carbocycles. The Labute approximate surface area is 275 Å². The number of aliphatic hydroxyl groups excluding tert-OH is 5. The van der Waals surface area contributed by atoms with Gasteiger partial charge in [-0.2, -0.15) is 0 Å². The minimum atomic E-state index is -1.82. The van der Waals surface area contributed by atoms with Crippen molar-refractivity contribution in [2.75, 3.05) is 26.3 Å². The maximum atomic E-state index is 13.3. The molecule has 14 nitrogen and oxygen atoms in total. The fraction of sp³-hybridized carbons (Fsp3) is 0.500. The first-order chi connectivity index (χ1) is 23.1. The van der Waals surface area contributed by atoms with Gasteiger partial charge in [0, 0.05) is 43.6 Å². The Hall–Kier alpha value is -3.73. The molecule has 1 aromatic carbocycles. The Kier molecular flexibility index (Phi) is 8.85. The number of ether oxygens (including phenoxy) is 1. The summed E-state index contributed by atoms with van der Waals surface area (Å²) < 4.78 is 13.3. The van der Waals surface area contributed by atoms with E-state index in [0.717, 1.165) is 16.2 Å². The van der Waals surface area contributed by atoms with Crippen LogP contribution < -0.4 is 20.4 Å². The second-order valence-corrected chi connectivity index (χ2v) is 13.3. The van der Waals surface area contributed by atoms with Gasteiger partial charge in [-0.25, -0.2) is 9.78 Å². The Bertz CT molecular complexity index is 1780. The highest BCUT2D eigenvalue weighted by Crippen LogP contribution is 2.48. The van der Waals surface area contributed by atoms with Gasteiger partial charge in [0.1, 0.15) is 66.9 Å². The lowest BCUT2D eigenvalue weighted by Crippen LogP contribution is -3.01. The number of benzene rings is 1. The third-order valence-electron chi connectivity index (χ3n) is 10.1. The number of hydrogen-bond donors (Lipinski definition) is 7. The molecule has 256 valence electrons. The molecule has 5 aliphatic rings. The summed E-state index contributed by atoms with van der Waals surface area (Å²) in [5, 5.41) is 52.9. The third kappa shape index (κ3) is 5.92. The minimum Gasteiger partial charge on any atom is -0.477 e. The highest BCUT2D eigenvalue weighted by Gasteiger charge is 2.52. The van der Waals surface area contributed by atoms with Crippen LogP contribution in [0.4, 0.5) is 5.69 Å². The first-order valence-electron chi connectivity index (χ1n) is 16.2. The number of amides is 1. The van der Waals surface area contributed by atoms with Crippen LogP contribution in [0.1, 0.15) is 30.6 Å². The zero-order chi connectivity index (χ0) is 33.7. The van der Waals surface area contributed by atoms with Crippen LogP contribution in [0.3, 0.4) is 0 Å². The molecule has 0 bridgehead atoms. The molecular formula is C34H40N3O11+. The molecule has 5 heterocycles. The monoisotopic (exact) mass is 666 g/mol. The Balaban J connectivity index is 1.25. The van der Waals surface area contributed by atoms with E-state index >= 15 is 0 Å². The Morgan fingerprint density at radius 3 is 2.71 bits per heavy atom. The van der Waals surface area contributed by atoms with Crippen molar-refractivity contribution in [3.63, 3.8) is 0 Å². The topological polar surface area (TPSA) is 205 Å². The van der Waals surface area contributed by atoms with Gasteiger partial charge in [0.25, 0.3) is 0 Å². The quantitative estimate of drug-likeness (QED) is 0.0932. The smallest absolute Gasteiger partial charge is 0.222 e. The number of aryl methyl sites for hydroxylation is 1. The summed E-state index contributed by atoms with van der Waals surface area (Å²) in [6, 6.07) is 3.20. The maximum Gasteiger partial charge on any atom is 0.222 e. The van der Waals surface area contributed by atoms with Gasteiger partial charge in [-0.1, -0.05) is 12.2 Å². The highest BCUT2D eigenvalue weighted by atomic mass is 17.2. The first kappa shape index (κ1) is 32.8. The predicted octanol–water partition coefficient (Wildman–Crippen LogP) is -0.988. The summed E-state index contributed by atoms with van der Waals surface area (Å²) in [5.41, 5.74) is 2.51. The van der Waals surface area contributed by atoms with Crippen molar-refractivity contribution in [2.45, 2.75) is 68.7 Å². The van der Waals surface area contributed by atoms with Crippen molar-refractivity contribution in [3.05, 3.63) is 69.9 Å². The van der Waals surface area contributed by atoms with E-state index in [1.54, 1.807) is 19.2 Å². The molecule has 4 aliphatic heterocycles. The van der Waals surface area contributed by atoms with Crippen LogP contribution in [0.25, 0.3) is 11.0 Å². The normalized spacial score (nSPS) is 30.0. The standard InChI is InChI=1S/C34H39N3O11/c1-17-7-24(39)22-8-20-9-27(48-45-16-26(41)31(44)30(43)25(40)15-38)34(5-2-3-18(11-34)21-10-28(42)36-12-21)47-32(20)29(33(22)46-17)37-13-19-4-6-35-23(19)14-37/h2-4,6-8,13,18,21,25-27,30-31,38,40-41,43-44H,5,9-12,14-16H2,1H3,(H,36,42)/p+1. The molecular weight excluding hydrogens is 626 g/mol. The molecule has 1 spiro atoms. The van der Waals surface area contributed by atoms with Crippen molar-refractivity contribution in [3.8, 4) is 5.75 Å². The lowest BCUT2D eigenvalue weighted by molar-refractivity contribution is -0.759. The van der Waals surface area contributed by atoms with E-state index in [1.807, 2.05) is 18.4 Å². The molecule has 7 rings (SSSR count). The number of aliphatic imine (C=N–C) groups is 1. The second kappa shape index (κ2) is 12.9. The third-order valence-corrected chi connectivity index (χ3v) is 10.1. The molecule has 0 radical (unpaired) electrons. The number of nitrogens with zero attached hydrogens (tertiary/aromatic N) is 1. The number of aliphatic hydroxyl groups is 5. The SMILES string of the molecule is Cc1cc(=O)c2cc3c(c([NH+]4C=C5C=CN=C5C4)c2o1)OC1(CC=CC(C2CNC(=O)C2)C1)C(OOCC(O)C(O)C(O)C(O)CO)C3. The van der Waals surface area contributed by atoms with Gasteiger partial charge in [-0.15, -0.1) is 0 Å². The molecule has 7 N–H and O–H groups in total. The number of allylic oxidation sites excluding steroid dienone is 2. The summed E-state index contributed by atoms with van der Waals surface area (Å²) in [5.74, 6) is 1.04. The van der Waals surface area contributed by atoms with E-state index in [-0.39, 0.29) is 29.6 Å². The van der Waals surface area contributed by atoms with Crippen LogP contribution in [0.15, 0.2) is 62.5 Å². The molecule has 9 atom stereocenters. The van der Waals surface area contributed by atoms with Crippen molar-refractivity contribution in [1.29, 1.82) is 0 Å². The van der Waals surface area contributed by atoms with Crippen LogP contribution in [0.2, 0.25) is 0 Å². The fourth-order valence-corrected chi connectivity index (χ4v) is 7.46. The number of quaternary nitrogens is 1. The number of rotatable bonds is 10. The number of nitrogens with one attached hydrogen (secondary N) is 2. The van der Waals surface area contributed by atoms with E-state index in [2.05, 4.69) is 16.4 Å². The van der Waals surface area contributed by atoms with Crippen LogP contribution in [-0.2, 0) is 21.0 Å². The molecule has 1 fully saturated rings. The van der Waals surface area contributed by atoms with Gasteiger partial charge in [-0.05, 0) is 37.3 Å². The van der Waals surface area contributed by atoms with Gasteiger partial charge in [0.05, 0.1) is 17.6 Å². The number of carbonyl (C=O) groups is 1. The van der Waals surface area contributed by atoms with Crippen molar-refractivity contribution in [1.82, 2.24) is 5.32 Å². The molecule has 0 saturated carbocycles. The van der Waals surface area contributed by atoms with Gasteiger partial charge >= 0.3 is 0 Å². The van der Waals surface area contributed by atoms with Crippen LogP contribution in [0.5, 0.6) is 5.75 Å². The highest BCUT2D eigenvalue weighted by molar-refractivity contribution is 6.07. The zero-order valence-electron chi connectivity index (χ0n) is 26.4. The molecule has 9 unspecified atom stereocenters. The molecule has 2 aromatic rings. The van der Waals surface area contributed by atoms with Crippen molar-refractivity contribution in [2.24, 2.45) is 16.8 Å². The maximum absolute atomic E-state index is 13.3. The van der Waals surface area contributed by atoms with Gasteiger partial charge in [-0.3, -0.25) is 19.5 Å². The van der Waals surface area contributed by atoms with E-state index < -0.39 is 49.3 Å². The Morgan fingerprint density at radius 2 is 1.96 bits per heavy atom. The summed E-state index contributed by atoms with van der Waals surface area (Å²) in [6.07, 6.45) is 3.68. The predicted molar refractivity (Wildman–Crippen MR) is 169 cm³/mol. The largest absolute Gasteiger partial charge is 0.477 e. The number of carbonyl (C=O) groups excluding carboxylic acids is 1. The first-order valence-corrected chi connectivity index (χ1v) is 16.2. The minimum absolute atomic E-state index is 0.00699. The average Bonchev–Trinajstić information content (AvgIpc) is 3.80. The van der Waals surface area contributed by atoms with Gasteiger partial charge in [0.2, 0.25) is 17.2 Å². The summed E-state index contributed by atoms with van der Waals surface area (Å²) in [6.45, 7) is 1.42. The molecule has 1 saturated heterocycles. The second-order valence-electron chi connectivity index (χ2n) is 13.3. The summed E-state index contributed by atoms with van der Waals surface area (Å²) in [4.78, 5) is 42.3. The molecule has 48 heavy (non-hydrogen) atoms. The van der Waals surface area contributed by atoms with Gasteiger partial charge in [0.15, 0.2) is 11.2 Å². The van der Waals surface area contributed by atoms with E-state index in [4.69, 9.17) is 24.0 Å². The number of hydrogen-bond acceptors (Lipinski definition) is 12. The van der Waals surface area contributed by atoms with Crippen molar-refractivity contribution >= 4 is 28.3 Å².